The highest BCUT2D eigenvalue weighted by Crippen LogP contribution is 2.23. The molecule has 0 saturated carbocycles. The molecule has 0 amide bonds. The molecule has 0 spiro atoms. The molecule has 1 heterocycles. The Labute approximate surface area is 124 Å². The van der Waals surface area contributed by atoms with E-state index in [0.29, 0.717) is 26.1 Å². The van der Waals surface area contributed by atoms with Crippen molar-refractivity contribution in [2.45, 2.75) is 35.1 Å². The van der Waals surface area contributed by atoms with Crippen molar-refractivity contribution in [3.8, 4) is 0 Å². The van der Waals surface area contributed by atoms with Crippen LogP contribution in [0.15, 0.2) is 34.1 Å². The van der Waals surface area contributed by atoms with Crippen LogP contribution in [0.3, 0.4) is 0 Å². The molecule has 0 atom stereocenters. The first kappa shape index (κ1) is 16.4. The fourth-order valence-electron chi connectivity index (χ4n) is 2.12. The Balaban J connectivity index is 2.23. The highest BCUT2D eigenvalue weighted by atomic mass is 32.2. The van der Waals surface area contributed by atoms with Gasteiger partial charge in [0.2, 0.25) is 20.0 Å². The zero-order valence-electron chi connectivity index (χ0n) is 11.6. The lowest BCUT2D eigenvalue weighted by Crippen LogP contribution is -2.49. The Morgan fingerprint density at radius 3 is 2.00 bits per heavy atom. The van der Waals surface area contributed by atoms with E-state index in [1.165, 1.54) is 24.3 Å². The van der Waals surface area contributed by atoms with Crippen molar-refractivity contribution in [3.05, 3.63) is 24.3 Å². The van der Waals surface area contributed by atoms with Crippen molar-refractivity contribution in [1.29, 1.82) is 0 Å². The molecule has 1 aromatic carbocycles. The molecule has 1 aliphatic rings. The Morgan fingerprint density at radius 1 is 1.05 bits per heavy atom. The van der Waals surface area contributed by atoms with Gasteiger partial charge >= 0.3 is 0 Å². The van der Waals surface area contributed by atoms with Crippen LogP contribution in [0.4, 0.5) is 0 Å². The van der Waals surface area contributed by atoms with Gasteiger partial charge in [0.05, 0.1) is 9.79 Å². The van der Waals surface area contributed by atoms with Crippen molar-refractivity contribution >= 4 is 20.0 Å². The predicted octanol–water partition coefficient (Wildman–Crippen LogP) is 0.181. The summed E-state index contributed by atoms with van der Waals surface area (Å²) in [6, 6.07) is 4.81. The lowest BCUT2D eigenvalue weighted by molar-refractivity contribution is 0.0537. The van der Waals surface area contributed by atoms with Gasteiger partial charge in [-0.1, -0.05) is 0 Å². The summed E-state index contributed by atoms with van der Waals surface area (Å²) in [5.74, 6) is 0. The molecule has 0 aromatic heterocycles. The van der Waals surface area contributed by atoms with Crippen LogP contribution in [0, 0.1) is 0 Å². The Bertz CT molecular complexity index is 705. The van der Waals surface area contributed by atoms with Gasteiger partial charge in [-0.05, 0) is 44.0 Å². The highest BCUT2D eigenvalue weighted by Gasteiger charge is 2.32. The van der Waals surface area contributed by atoms with E-state index >= 15 is 0 Å². The summed E-state index contributed by atoms with van der Waals surface area (Å²) in [5, 5.41) is 4.98. The van der Waals surface area contributed by atoms with E-state index in [2.05, 4.69) is 4.72 Å². The minimum atomic E-state index is -3.84. The molecule has 3 N–H and O–H groups in total. The number of hydrogen-bond acceptors (Lipinski definition) is 5. The molecular weight excluding hydrogens is 316 g/mol. The standard InChI is InChI=1S/C12H18N2O5S2/c1-12(6-8-19-9-7-12)14-21(17,18)11-4-2-10(3-5-11)20(13,15)16/h2-5,14H,6-9H2,1H3,(H2,13,15,16). The molecule has 21 heavy (non-hydrogen) atoms. The second-order valence-corrected chi connectivity index (χ2v) is 8.54. The summed E-state index contributed by atoms with van der Waals surface area (Å²) in [5.41, 5.74) is -0.560. The van der Waals surface area contributed by atoms with Crippen LogP contribution < -0.4 is 9.86 Å². The highest BCUT2D eigenvalue weighted by molar-refractivity contribution is 7.89. The number of ether oxygens (including phenoxy) is 1. The monoisotopic (exact) mass is 334 g/mol. The van der Waals surface area contributed by atoms with Crippen LogP contribution in [0.5, 0.6) is 0 Å². The van der Waals surface area contributed by atoms with Gasteiger partial charge in [-0.3, -0.25) is 0 Å². The first-order chi connectivity index (χ1) is 9.62. The molecule has 0 bridgehead atoms. The normalized spacial score (nSPS) is 19.3. The van der Waals surface area contributed by atoms with Crippen LogP contribution in [-0.2, 0) is 24.8 Å². The SMILES string of the molecule is CC1(NS(=O)(=O)c2ccc(S(N)(=O)=O)cc2)CCOCC1. The first-order valence-corrected chi connectivity index (χ1v) is 9.40. The molecule has 1 aliphatic heterocycles. The zero-order valence-corrected chi connectivity index (χ0v) is 13.2. The van der Waals surface area contributed by atoms with Crippen LogP contribution in [0.2, 0.25) is 0 Å². The maximum absolute atomic E-state index is 12.3. The summed E-state index contributed by atoms with van der Waals surface area (Å²) in [4.78, 5) is -0.124. The quantitative estimate of drug-likeness (QED) is 0.815. The molecule has 2 rings (SSSR count). The van der Waals surface area contributed by atoms with E-state index < -0.39 is 25.6 Å². The molecule has 1 aromatic rings. The third kappa shape index (κ3) is 4.01. The Morgan fingerprint density at radius 2 is 1.52 bits per heavy atom. The molecule has 118 valence electrons. The lowest BCUT2D eigenvalue weighted by Gasteiger charge is -2.34. The van der Waals surface area contributed by atoms with Crippen LogP contribution in [0.1, 0.15) is 19.8 Å². The van der Waals surface area contributed by atoms with Gasteiger partial charge in [0, 0.05) is 18.8 Å². The number of nitrogens with one attached hydrogen (secondary N) is 1. The number of benzene rings is 1. The largest absolute Gasteiger partial charge is 0.381 e. The predicted molar refractivity (Wildman–Crippen MR) is 76.6 cm³/mol. The van der Waals surface area contributed by atoms with Crippen molar-refractivity contribution in [2.24, 2.45) is 5.14 Å². The molecule has 0 radical (unpaired) electrons. The minimum Gasteiger partial charge on any atom is -0.381 e. The van der Waals surface area contributed by atoms with Gasteiger partial charge in [-0.15, -0.1) is 0 Å². The maximum Gasteiger partial charge on any atom is 0.241 e. The van der Waals surface area contributed by atoms with Gasteiger partial charge in [-0.2, -0.15) is 0 Å². The van der Waals surface area contributed by atoms with E-state index in [1.807, 2.05) is 6.92 Å². The molecule has 1 fully saturated rings. The summed E-state index contributed by atoms with van der Waals surface area (Å²) in [7, 11) is -7.56. The van der Waals surface area contributed by atoms with Gasteiger partial charge < -0.3 is 4.74 Å². The van der Waals surface area contributed by atoms with E-state index in [4.69, 9.17) is 9.88 Å². The third-order valence-electron chi connectivity index (χ3n) is 3.44. The van der Waals surface area contributed by atoms with Gasteiger partial charge in [0.25, 0.3) is 0 Å². The fourth-order valence-corrected chi connectivity index (χ4v) is 4.10. The summed E-state index contributed by atoms with van der Waals surface area (Å²) in [6.07, 6.45) is 1.17. The van der Waals surface area contributed by atoms with Crippen LogP contribution in [0.25, 0.3) is 0 Å². The number of sulfonamides is 2. The topological polar surface area (TPSA) is 116 Å². The van der Waals surface area contributed by atoms with Crippen molar-refractivity contribution in [2.75, 3.05) is 13.2 Å². The average molecular weight is 334 g/mol. The van der Waals surface area contributed by atoms with E-state index in [0.717, 1.165) is 0 Å². The summed E-state index contributed by atoms with van der Waals surface area (Å²) >= 11 is 0. The van der Waals surface area contributed by atoms with Gasteiger partial charge in [0.1, 0.15) is 0 Å². The minimum absolute atomic E-state index is 0.00242. The Hall–Kier alpha value is -1.00. The second kappa shape index (κ2) is 5.65. The van der Waals surface area contributed by atoms with Crippen LogP contribution in [-0.4, -0.2) is 35.6 Å². The number of rotatable bonds is 4. The number of primary sulfonamides is 1. The zero-order chi connectivity index (χ0) is 15.7. The third-order valence-corrected chi connectivity index (χ3v) is 6.02. The summed E-state index contributed by atoms with van der Waals surface area (Å²) < 4.78 is 54.9. The maximum atomic E-state index is 12.3. The van der Waals surface area contributed by atoms with Crippen molar-refractivity contribution in [1.82, 2.24) is 4.72 Å². The van der Waals surface area contributed by atoms with E-state index in [-0.39, 0.29) is 9.79 Å². The molecular formula is C12H18N2O5S2. The van der Waals surface area contributed by atoms with E-state index in [9.17, 15) is 16.8 Å². The van der Waals surface area contributed by atoms with Crippen molar-refractivity contribution in [3.63, 3.8) is 0 Å². The second-order valence-electron chi connectivity index (χ2n) is 5.29. The number of hydrogen-bond donors (Lipinski definition) is 2. The fraction of sp³-hybridized carbons (Fsp3) is 0.500. The number of nitrogens with two attached hydrogens (primary N) is 1. The van der Waals surface area contributed by atoms with Crippen LogP contribution >= 0.6 is 0 Å². The molecule has 0 aliphatic carbocycles. The Kier molecular flexibility index (Phi) is 4.41. The molecule has 1 saturated heterocycles. The average Bonchev–Trinajstić information content (AvgIpc) is 2.37. The molecule has 0 unspecified atom stereocenters. The summed E-state index contributed by atoms with van der Waals surface area (Å²) in [6.45, 7) is 2.83. The van der Waals surface area contributed by atoms with Crippen molar-refractivity contribution < 1.29 is 21.6 Å². The first-order valence-electron chi connectivity index (χ1n) is 6.37. The molecule has 7 nitrogen and oxygen atoms in total. The van der Waals surface area contributed by atoms with Gasteiger partial charge in [-0.25, -0.2) is 26.7 Å². The lowest BCUT2D eigenvalue weighted by atomic mass is 9.94. The molecule has 9 heteroatoms. The van der Waals surface area contributed by atoms with E-state index in [1.54, 1.807) is 0 Å². The smallest absolute Gasteiger partial charge is 0.241 e. The van der Waals surface area contributed by atoms with Gasteiger partial charge in [0.15, 0.2) is 0 Å².